The summed E-state index contributed by atoms with van der Waals surface area (Å²) in [6.07, 6.45) is 15.1. The number of aromatic nitrogens is 2. The molecule has 1 aliphatic carbocycles. The molecule has 3 fully saturated rings. The quantitative estimate of drug-likeness (QED) is 0.782. The van der Waals surface area contributed by atoms with Gasteiger partial charge in [0, 0.05) is 44.5 Å². The van der Waals surface area contributed by atoms with E-state index in [0.29, 0.717) is 12.0 Å². The van der Waals surface area contributed by atoms with Gasteiger partial charge in [0.1, 0.15) is 5.82 Å². The lowest BCUT2D eigenvalue weighted by molar-refractivity contribution is 0.184. The number of nitrogens with zero attached hydrogens (tertiary/aromatic N) is 4. The van der Waals surface area contributed by atoms with Crippen LogP contribution in [0.4, 0.5) is 11.8 Å². The van der Waals surface area contributed by atoms with Crippen molar-refractivity contribution in [3.63, 3.8) is 0 Å². The Hall–Kier alpha value is -1.40. The highest BCUT2D eigenvalue weighted by atomic mass is 15.3. The molecule has 1 aromatic heterocycles. The molecule has 0 unspecified atom stereocenters. The van der Waals surface area contributed by atoms with Gasteiger partial charge in [0.25, 0.3) is 0 Å². The molecule has 2 aliphatic heterocycles. The average molecular weight is 387 g/mol. The van der Waals surface area contributed by atoms with Crippen LogP contribution in [-0.2, 0) is 0 Å². The molecular weight excluding hydrogens is 348 g/mol. The van der Waals surface area contributed by atoms with Crippen LogP contribution < -0.4 is 16.0 Å². The molecule has 0 radical (unpaired) electrons. The summed E-state index contributed by atoms with van der Waals surface area (Å²) in [5, 5.41) is 3.69. The first-order chi connectivity index (χ1) is 13.8. The van der Waals surface area contributed by atoms with E-state index >= 15 is 0 Å². The van der Waals surface area contributed by atoms with Gasteiger partial charge in [-0.25, -0.2) is 4.98 Å². The molecule has 28 heavy (non-hydrogen) atoms. The van der Waals surface area contributed by atoms with Crippen molar-refractivity contribution in [1.82, 2.24) is 14.9 Å². The number of likely N-dealkylation sites (tertiary alicyclic amines) is 1. The lowest BCUT2D eigenvalue weighted by Crippen LogP contribution is -2.36. The number of hydrogen-bond donors (Lipinski definition) is 2. The van der Waals surface area contributed by atoms with E-state index in [2.05, 4.69) is 26.2 Å². The molecule has 3 N–H and O–H groups in total. The normalized spacial score (nSPS) is 27.7. The molecule has 1 saturated carbocycles. The minimum atomic E-state index is 0.407. The summed E-state index contributed by atoms with van der Waals surface area (Å²) < 4.78 is 0. The van der Waals surface area contributed by atoms with Gasteiger partial charge in [-0.3, -0.25) is 4.90 Å². The standard InChI is InChI=1S/C22H38N6/c23-12-10-18-16-28(19-8-4-3-5-9-19)17-20(18)25-22-24-13-11-21(26-22)27-14-6-1-2-7-15-27/h11,13,18-20H,1-10,12,14-17,23H2,(H,24,25,26)/t18-,20-/m0/s1. The molecule has 2 saturated heterocycles. The van der Waals surface area contributed by atoms with Crippen molar-refractivity contribution in [2.75, 3.05) is 42.9 Å². The number of hydrogen-bond acceptors (Lipinski definition) is 6. The maximum Gasteiger partial charge on any atom is 0.224 e. The molecule has 6 nitrogen and oxygen atoms in total. The Labute approximate surface area is 170 Å². The van der Waals surface area contributed by atoms with E-state index in [-0.39, 0.29) is 0 Å². The SMILES string of the molecule is NCC[C@H]1CN(C2CCCCC2)C[C@@H]1Nc1nccc(N2CCCCCC2)n1. The second-order valence-electron chi connectivity index (χ2n) is 8.97. The Kier molecular flexibility index (Phi) is 7.02. The summed E-state index contributed by atoms with van der Waals surface area (Å²) in [6, 6.07) is 3.24. The van der Waals surface area contributed by atoms with Gasteiger partial charge in [-0.05, 0) is 50.6 Å². The van der Waals surface area contributed by atoms with Crippen molar-refractivity contribution in [2.45, 2.75) is 76.3 Å². The zero-order valence-corrected chi connectivity index (χ0v) is 17.4. The van der Waals surface area contributed by atoms with Gasteiger partial charge >= 0.3 is 0 Å². The van der Waals surface area contributed by atoms with Gasteiger partial charge < -0.3 is 16.0 Å². The van der Waals surface area contributed by atoms with Crippen LogP contribution in [0.2, 0.25) is 0 Å². The molecular formula is C22H38N6. The summed E-state index contributed by atoms with van der Waals surface area (Å²) in [5.74, 6) is 2.47. The Bertz CT molecular complexity index is 594. The first-order valence-electron chi connectivity index (χ1n) is 11.6. The van der Waals surface area contributed by atoms with Gasteiger partial charge in [0.15, 0.2) is 0 Å². The summed E-state index contributed by atoms with van der Waals surface area (Å²) in [6.45, 7) is 5.27. The molecule has 0 bridgehead atoms. The van der Waals surface area contributed by atoms with E-state index in [4.69, 9.17) is 10.7 Å². The summed E-state index contributed by atoms with van der Waals surface area (Å²) in [7, 11) is 0. The molecule has 156 valence electrons. The fourth-order valence-electron chi connectivity index (χ4n) is 5.38. The fourth-order valence-corrected chi connectivity index (χ4v) is 5.38. The maximum absolute atomic E-state index is 5.94. The Morgan fingerprint density at radius 1 is 1.00 bits per heavy atom. The summed E-state index contributed by atoms with van der Waals surface area (Å²) in [5.41, 5.74) is 5.94. The largest absolute Gasteiger partial charge is 0.356 e. The molecule has 0 aromatic carbocycles. The van der Waals surface area contributed by atoms with Crippen molar-refractivity contribution < 1.29 is 0 Å². The molecule has 6 heteroatoms. The number of nitrogens with two attached hydrogens (primary N) is 1. The monoisotopic (exact) mass is 386 g/mol. The topological polar surface area (TPSA) is 70.3 Å². The zero-order valence-electron chi connectivity index (χ0n) is 17.4. The fraction of sp³-hybridized carbons (Fsp3) is 0.818. The summed E-state index contributed by atoms with van der Waals surface area (Å²) >= 11 is 0. The van der Waals surface area contributed by atoms with Crippen LogP contribution in [0.25, 0.3) is 0 Å². The highest BCUT2D eigenvalue weighted by molar-refractivity contribution is 5.43. The van der Waals surface area contributed by atoms with Crippen molar-refractivity contribution in [1.29, 1.82) is 0 Å². The highest BCUT2D eigenvalue weighted by Gasteiger charge is 2.36. The Morgan fingerprint density at radius 3 is 2.50 bits per heavy atom. The van der Waals surface area contributed by atoms with E-state index in [9.17, 15) is 0 Å². The lowest BCUT2D eigenvalue weighted by atomic mass is 9.94. The first-order valence-corrected chi connectivity index (χ1v) is 11.6. The number of rotatable bonds is 6. The number of anilines is 2. The van der Waals surface area contributed by atoms with Crippen molar-refractivity contribution in [3.05, 3.63) is 12.3 Å². The second kappa shape index (κ2) is 9.88. The molecule has 3 aliphatic rings. The van der Waals surface area contributed by atoms with E-state index in [0.717, 1.165) is 50.4 Å². The third kappa shape index (κ3) is 4.95. The van der Waals surface area contributed by atoms with Gasteiger partial charge in [-0.2, -0.15) is 4.98 Å². The van der Waals surface area contributed by atoms with Crippen LogP contribution >= 0.6 is 0 Å². The van der Waals surface area contributed by atoms with Crippen LogP contribution in [0.1, 0.15) is 64.2 Å². The van der Waals surface area contributed by atoms with E-state index in [1.807, 2.05) is 6.20 Å². The molecule has 3 heterocycles. The van der Waals surface area contributed by atoms with Gasteiger partial charge in [0.2, 0.25) is 5.95 Å². The Morgan fingerprint density at radius 2 is 1.75 bits per heavy atom. The number of nitrogens with one attached hydrogen (secondary N) is 1. The third-order valence-corrected chi connectivity index (χ3v) is 6.98. The van der Waals surface area contributed by atoms with E-state index in [1.54, 1.807) is 0 Å². The second-order valence-corrected chi connectivity index (χ2v) is 8.97. The Balaban J connectivity index is 1.42. The van der Waals surface area contributed by atoms with Gasteiger partial charge in [-0.15, -0.1) is 0 Å². The van der Waals surface area contributed by atoms with E-state index in [1.165, 1.54) is 64.3 Å². The first kappa shape index (κ1) is 19.9. The molecule has 0 amide bonds. The molecule has 1 aromatic rings. The van der Waals surface area contributed by atoms with E-state index < -0.39 is 0 Å². The molecule has 0 spiro atoms. The van der Waals surface area contributed by atoms with Crippen LogP contribution in [-0.4, -0.2) is 59.7 Å². The minimum Gasteiger partial charge on any atom is -0.356 e. The summed E-state index contributed by atoms with van der Waals surface area (Å²) in [4.78, 5) is 14.6. The zero-order chi connectivity index (χ0) is 19.2. The predicted molar refractivity (Wildman–Crippen MR) is 116 cm³/mol. The average Bonchev–Trinajstić information content (AvgIpc) is 2.94. The van der Waals surface area contributed by atoms with Crippen molar-refractivity contribution in [3.8, 4) is 0 Å². The van der Waals surface area contributed by atoms with Crippen LogP contribution in [0.5, 0.6) is 0 Å². The van der Waals surface area contributed by atoms with Crippen LogP contribution in [0.3, 0.4) is 0 Å². The highest BCUT2D eigenvalue weighted by Crippen LogP contribution is 2.30. The van der Waals surface area contributed by atoms with Crippen molar-refractivity contribution in [2.24, 2.45) is 11.7 Å². The smallest absolute Gasteiger partial charge is 0.224 e. The van der Waals surface area contributed by atoms with Gasteiger partial charge in [0.05, 0.1) is 0 Å². The van der Waals surface area contributed by atoms with Gasteiger partial charge in [-0.1, -0.05) is 32.1 Å². The predicted octanol–water partition coefficient (Wildman–Crippen LogP) is 3.25. The van der Waals surface area contributed by atoms with Crippen LogP contribution in [0.15, 0.2) is 12.3 Å². The minimum absolute atomic E-state index is 0.407. The van der Waals surface area contributed by atoms with Crippen molar-refractivity contribution >= 4 is 11.8 Å². The lowest BCUT2D eigenvalue weighted by Gasteiger charge is -2.31. The third-order valence-electron chi connectivity index (χ3n) is 6.98. The van der Waals surface area contributed by atoms with Crippen LogP contribution in [0, 0.1) is 5.92 Å². The maximum atomic E-state index is 5.94. The molecule has 2 atom stereocenters. The molecule has 4 rings (SSSR count).